The van der Waals surface area contributed by atoms with Crippen molar-refractivity contribution in [3.05, 3.63) is 137 Å². The zero-order chi connectivity index (χ0) is 21.7. The van der Waals surface area contributed by atoms with Crippen LogP contribution in [-0.4, -0.2) is 7.11 Å². The largest absolute Gasteiger partial charge is 0.497 e. The Hall–Kier alpha value is -2.97. The highest BCUT2D eigenvalue weighted by atomic mass is 32.2. The average Bonchev–Trinajstić information content (AvgIpc) is 2.82. The molecular weight excluding hydrogens is 396 g/mol. The normalized spacial score (nSPS) is 11.3. The van der Waals surface area contributed by atoms with E-state index in [2.05, 4.69) is 117 Å². The summed E-state index contributed by atoms with van der Waals surface area (Å²) in [6.07, 6.45) is 0. The fourth-order valence-electron chi connectivity index (χ4n) is 3.92. The van der Waals surface area contributed by atoms with E-state index in [0.717, 1.165) is 11.5 Å². The van der Waals surface area contributed by atoms with Gasteiger partial charge in [0.15, 0.2) is 0 Å². The Bertz CT molecular complexity index is 1050. The molecule has 31 heavy (non-hydrogen) atoms. The molecule has 0 amide bonds. The molecule has 0 aliphatic heterocycles. The monoisotopic (exact) mass is 424 g/mol. The topological polar surface area (TPSA) is 9.23 Å². The number of rotatable bonds is 7. The van der Waals surface area contributed by atoms with Crippen molar-refractivity contribution < 1.29 is 4.74 Å². The van der Waals surface area contributed by atoms with Crippen molar-refractivity contribution in [1.29, 1.82) is 0 Å². The van der Waals surface area contributed by atoms with Crippen molar-refractivity contribution in [2.45, 2.75) is 24.3 Å². The van der Waals surface area contributed by atoms with Crippen LogP contribution < -0.4 is 4.74 Å². The molecule has 0 fully saturated rings. The molecule has 1 nitrogen and oxygen atoms in total. The minimum atomic E-state index is -0.330. The van der Waals surface area contributed by atoms with Crippen LogP contribution in [-0.2, 0) is 10.5 Å². The van der Waals surface area contributed by atoms with E-state index in [1.165, 1.54) is 33.4 Å². The standard InChI is InChI=1S/C29H28OS/c1-22-9-13-25(14-10-22)29(26-15-11-23(2)12-16-26,27-17-19-28(30-3)20-18-27)31-21-24-7-5-4-6-8-24/h4-20H,21H2,1-3H3. The maximum Gasteiger partial charge on any atom is 0.118 e. The van der Waals surface area contributed by atoms with Gasteiger partial charge < -0.3 is 4.74 Å². The van der Waals surface area contributed by atoms with Crippen molar-refractivity contribution >= 4 is 11.8 Å². The van der Waals surface area contributed by atoms with E-state index in [9.17, 15) is 0 Å². The number of hydrogen-bond acceptors (Lipinski definition) is 2. The van der Waals surface area contributed by atoms with Crippen LogP contribution in [0.25, 0.3) is 0 Å². The molecule has 0 saturated carbocycles. The van der Waals surface area contributed by atoms with Crippen LogP contribution in [0.1, 0.15) is 33.4 Å². The molecule has 0 aliphatic rings. The van der Waals surface area contributed by atoms with E-state index in [1.54, 1.807) is 7.11 Å². The van der Waals surface area contributed by atoms with Gasteiger partial charge in [-0.1, -0.05) is 102 Å². The van der Waals surface area contributed by atoms with Crippen LogP contribution in [0.2, 0.25) is 0 Å². The predicted octanol–water partition coefficient (Wildman–Crippen LogP) is 7.54. The molecule has 0 radical (unpaired) electrons. The van der Waals surface area contributed by atoms with Crippen molar-refractivity contribution in [3.8, 4) is 5.75 Å². The van der Waals surface area contributed by atoms with E-state index in [0.29, 0.717) is 0 Å². The third kappa shape index (κ3) is 4.55. The number of aryl methyl sites for hydroxylation is 2. The lowest BCUT2D eigenvalue weighted by Gasteiger charge is -2.36. The molecule has 2 heteroatoms. The Morgan fingerprint density at radius 2 is 1.06 bits per heavy atom. The maximum atomic E-state index is 5.45. The van der Waals surface area contributed by atoms with Gasteiger partial charge in [0.1, 0.15) is 5.75 Å². The van der Waals surface area contributed by atoms with Gasteiger partial charge in [-0.2, -0.15) is 0 Å². The summed E-state index contributed by atoms with van der Waals surface area (Å²) in [5.74, 6) is 1.78. The van der Waals surface area contributed by atoms with Crippen LogP contribution in [0.15, 0.2) is 103 Å². The summed E-state index contributed by atoms with van der Waals surface area (Å²) < 4.78 is 5.12. The zero-order valence-corrected chi connectivity index (χ0v) is 19.2. The average molecular weight is 425 g/mol. The van der Waals surface area contributed by atoms with Crippen molar-refractivity contribution in [2.24, 2.45) is 0 Å². The molecule has 0 heterocycles. The highest BCUT2D eigenvalue weighted by Gasteiger charge is 2.37. The van der Waals surface area contributed by atoms with Gasteiger partial charge in [-0.25, -0.2) is 0 Å². The molecule has 4 aromatic rings. The lowest BCUT2D eigenvalue weighted by molar-refractivity contribution is 0.414. The molecule has 0 spiro atoms. The molecule has 0 aliphatic carbocycles. The number of ether oxygens (including phenoxy) is 1. The second-order valence-electron chi connectivity index (χ2n) is 7.92. The summed E-state index contributed by atoms with van der Waals surface area (Å²) in [4.78, 5) is 0. The Morgan fingerprint density at radius 1 is 0.613 bits per heavy atom. The molecule has 0 N–H and O–H groups in total. The van der Waals surface area contributed by atoms with Crippen LogP contribution in [0.4, 0.5) is 0 Å². The van der Waals surface area contributed by atoms with E-state index in [4.69, 9.17) is 4.74 Å². The van der Waals surface area contributed by atoms with Gasteiger partial charge in [-0.05, 0) is 48.2 Å². The Labute approximate surface area is 190 Å². The fourth-order valence-corrected chi connectivity index (χ4v) is 5.40. The SMILES string of the molecule is COc1ccc(C(SCc2ccccc2)(c2ccc(C)cc2)c2ccc(C)cc2)cc1. The van der Waals surface area contributed by atoms with Gasteiger partial charge in [0, 0.05) is 5.75 Å². The van der Waals surface area contributed by atoms with Crippen molar-refractivity contribution in [3.63, 3.8) is 0 Å². The number of thioether (sulfide) groups is 1. The number of hydrogen-bond donors (Lipinski definition) is 0. The summed E-state index contributed by atoms with van der Waals surface area (Å²) in [6, 6.07) is 37.2. The minimum Gasteiger partial charge on any atom is -0.497 e. The molecule has 4 rings (SSSR count). The summed E-state index contributed by atoms with van der Waals surface area (Å²) >= 11 is 1.97. The quantitative estimate of drug-likeness (QED) is 0.283. The Kier molecular flexibility index (Phi) is 6.48. The van der Waals surface area contributed by atoms with E-state index < -0.39 is 0 Å². The fraction of sp³-hybridized carbons (Fsp3) is 0.172. The van der Waals surface area contributed by atoms with Crippen molar-refractivity contribution in [1.82, 2.24) is 0 Å². The van der Waals surface area contributed by atoms with Gasteiger partial charge in [-0.15, -0.1) is 11.8 Å². The molecule has 0 aromatic heterocycles. The molecule has 0 unspecified atom stereocenters. The van der Waals surface area contributed by atoms with E-state index in [1.807, 2.05) is 11.8 Å². The van der Waals surface area contributed by atoms with E-state index >= 15 is 0 Å². The van der Waals surface area contributed by atoms with Gasteiger partial charge in [-0.3, -0.25) is 0 Å². The highest BCUT2D eigenvalue weighted by Crippen LogP contribution is 2.50. The second-order valence-corrected chi connectivity index (χ2v) is 9.11. The van der Waals surface area contributed by atoms with Crippen LogP contribution in [0.3, 0.4) is 0 Å². The molecule has 0 saturated heterocycles. The zero-order valence-electron chi connectivity index (χ0n) is 18.3. The van der Waals surface area contributed by atoms with E-state index in [-0.39, 0.29) is 4.75 Å². The number of benzene rings is 4. The van der Waals surface area contributed by atoms with Gasteiger partial charge in [0.05, 0.1) is 11.9 Å². The predicted molar refractivity (Wildman–Crippen MR) is 133 cm³/mol. The summed E-state index contributed by atoms with van der Waals surface area (Å²) in [6.45, 7) is 4.28. The second kappa shape index (κ2) is 9.45. The maximum absolute atomic E-state index is 5.45. The molecular formula is C29H28OS. The first-order valence-corrected chi connectivity index (χ1v) is 11.6. The smallest absolute Gasteiger partial charge is 0.118 e. The third-order valence-electron chi connectivity index (χ3n) is 5.71. The van der Waals surface area contributed by atoms with Gasteiger partial charge in [0.25, 0.3) is 0 Å². The first kappa shape index (κ1) is 21.3. The minimum absolute atomic E-state index is 0.330. The lowest BCUT2D eigenvalue weighted by Crippen LogP contribution is -2.26. The summed E-state index contributed by atoms with van der Waals surface area (Å²) in [5, 5.41) is 0. The molecule has 0 bridgehead atoms. The van der Waals surface area contributed by atoms with Gasteiger partial charge in [0.2, 0.25) is 0 Å². The third-order valence-corrected chi connectivity index (χ3v) is 7.33. The molecule has 0 atom stereocenters. The summed E-state index contributed by atoms with van der Waals surface area (Å²) in [7, 11) is 1.71. The molecule has 4 aromatic carbocycles. The Balaban J connectivity index is 1.91. The van der Waals surface area contributed by atoms with Crippen LogP contribution in [0, 0.1) is 13.8 Å². The van der Waals surface area contributed by atoms with Gasteiger partial charge >= 0.3 is 0 Å². The lowest BCUT2D eigenvalue weighted by atomic mass is 9.83. The number of methoxy groups -OCH3 is 1. The summed E-state index contributed by atoms with van der Waals surface area (Å²) in [5.41, 5.74) is 7.68. The first-order valence-electron chi connectivity index (χ1n) is 10.6. The Morgan fingerprint density at radius 3 is 1.52 bits per heavy atom. The first-order chi connectivity index (χ1) is 15.1. The highest BCUT2D eigenvalue weighted by molar-refractivity contribution is 7.99. The van der Waals surface area contributed by atoms with Crippen LogP contribution in [0.5, 0.6) is 5.75 Å². The molecule has 156 valence electrons. The van der Waals surface area contributed by atoms with Crippen LogP contribution >= 0.6 is 11.8 Å². The van der Waals surface area contributed by atoms with Crippen molar-refractivity contribution in [2.75, 3.05) is 7.11 Å².